The van der Waals surface area contributed by atoms with Gasteiger partial charge in [0.1, 0.15) is 0 Å². The van der Waals surface area contributed by atoms with Gasteiger partial charge in [0.15, 0.2) is 0 Å². The SMILES string of the molecule is CC(C)c1cc(Cl)c2cc(Br)ccc2n1. The fourth-order valence-electron chi connectivity index (χ4n) is 1.47. The molecule has 0 atom stereocenters. The number of aromatic nitrogens is 1. The predicted octanol–water partition coefficient (Wildman–Crippen LogP) is 4.77. The Hall–Kier alpha value is -0.600. The molecule has 1 heterocycles. The molecule has 1 nitrogen and oxygen atoms in total. The molecule has 0 amide bonds. The lowest BCUT2D eigenvalue weighted by Gasteiger charge is -2.08. The number of pyridine rings is 1. The Labute approximate surface area is 103 Å². The van der Waals surface area contributed by atoms with Gasteiger partial charge in [0.05, 0.1) is 10.5 Å². The predicted molar refractivity (Wildman–Crippen MR) is 68.5 cm³/mol. The van der Waals surface area contributed by atoms with E-state index >= 15 is 0 Å². The molecule has 0 N–H and O–H groups in total. The fraction of sp³-hybridized carbons (Fsp3) is 0.250. The van der Waals surface area contributed by atoms with E-state index in [0.29, 0.717) is 5.92 Å². The normalized spacial score (nSPS) is 11.3. The maximum absolute atomic E-state index is 6.22. The van der Waals surface area contributed by atoms with Crippen molar-refractivity contribution in [3.05, 3.63) is 39.5 Å². The molecule has 0 aliphatic carbocycles. The summed E-state index contributed by atoms with van der Waals surface area (Å²) in [5, 5.41) is 1.76. The number of fused-ring (bicyclic) bond motifs is 1. The highest BCUT2D eigenvalue weighted by molar-refractivity contribution is 9.10. The third kappa shape index (κ3) is 2.16. The highest BCUT2D eigenvalue weighted by atomic mass is 79.9. The third-order valence-electron chi connectivity index (χ3n) is 2.33. The van der Waals surface area contributed by atoms with Crippen molar-refractivity contribution >= 4 is 38.4 Å². The van der Waals surface area contributed by atoms with Crippen molar-refractivity contribution < 1.29 is 0 Å². The summed E-state index contributed by atoms with van der Waals surface area (Å²) < 4.78 is 1.02. The summed E-state index contributed by atoms with van der Waals surface area (Å²) in [6.45, 7) is 4.23. The van der Waals surface area contributed by atoms with Crippen LogP contribution in [0.5, 0.6) is 0 Å². The Bertz CT molecular complexity index is 508. The third-order valence-corrected chi connectivity index (χ3v) is 3.14. The largest absolute Gasteiger partial charge is 0.252 e. The van der Waals surface area contributed by atoms with Crippen molar-refractivity contribution in [2.24, 2.45) is 0 Å². The second-order valence-corrected chi connectivity index (χ2v) is 5.17. The first-order chi connectivity index (χ1) is 7.08. The van der Waals surface area contributed by atoms with Gasteiger partial charge in [-0.3, -0.25) is 4.98 Å². The summed E-state index contributed by atoms with van der Waals surface area (Å²) in [4.78, 5) is 4.57. The molecule has 0 fully saturated rings. The minimum Gasteiger partial charge on any atom is -0.252 e. The summed E-state index contributed by atoms with van der Waals surface area (Å²) in [6, 6.07) is 7.91. The van der Waals surface area contributed by atoms with E-state index in [4.69, 9.17) is 11.6 Å². The van der Waals surface area contributed by atoms with Crippen molar-refractivity contribution in [1.29, 1.82) is 0 Å². The first kappa shape index (κ1) is 10.9. The van der Waals surface area contributed by atoms with Gasteiger partial charge < -0.3 is 0 Å². The number of benzene rings is 1. The molecule has 0 unspecified atom stereocenters. The molecule has 0 aliphatic heterocycles. The lowest BCUT2D eigenvalue weighted by atomic mass is 10.1. The van der Waals surface area contributed by atoms with Gasteiger partial charge in [-0.1, -0.05) is 41.4 Å². The quantitative estimate of drug-likeness (QED) is 0.735. The summed E-state index contributed by atoms with van der Waals surface area (Å²) in [7, 11) is 0. The maximum atomic E-state index is 6.22. The van der Waals surface area contributed by atoms with Crippen molar-refractivity contribution in [2.75, 3.05) is 0 Å². The second kappa shape index (κ2) is 4.11. The van der Waals surface area contributed by atoms with Crippen molar-refractivity contribution in [1.82, 2.24) is 4.98 Å². The zero-order chi connectivity index (χ0) is 11.0. The highest BCUT2D eigenvalue weighted by Gasteiger charge is 2.07. The van der Waals surface area contributed by atoms with Crippen molar-refractivity contribution in [3.8, 4) is 0 Å². The molecule has 0 saturated carbocycles. The van der Waals surface area contributed by atoms with E-state index < -0.39 is 0 Å². The molecule has 0 radical (unpaired) electrons. The summed E-state index contributed by atoms with van der Waals surface area (Å²) >= 11 is 9.65. The molecule has 2 aromatic rings. The van der Waals surface area contributed by atoms with E-state index in [-0.39, 0.29) is 0 Å². The summed E-state index contributed by atoms with van der Waals surface area (Å²) in [5.74, 6) is 0.399. The van der Waals surface area contributed by atoms with Crippen molar-refractivity contribution in [2.45, 2.75) is 19.8 Å². The van der Waals surface area contributed by atoms with Crippen LogP contribution in [0.3, 0.4) is 0 Å². The van der Waals surface area contributed by atoms with Crippen LogP contribution in [0.15, 0.2) is 28.7 Å². The zero-order valence-corrected chi connectivity index (χ0v) is 10.9. The Morgan fingerprint density at radius 3 is 2.67 bits per heavy atom. The Kier molecular flexibility index (Phi) is 2.98. The molecule has 78 valence electrons. The van der Waals surface area contributed by atoms with Crippen LogP contribution in [-0.4, -0.2) is 4.98 Å². The molecular formula is C12H11BrClN. The smallest absolute Gasteiger partial charge is 0.0721 e. The lowest BCUT2D eigenvalue weighted by Crippen LogP contribution is -1.93. The lowest BCUT2D eigenvalue weighted by molar-refractivity contribution is 0.830. The van der Waals surface area contributed by atoms with Gasteiger partial charge in [0.25, 0.3) is 0 Å². The van der Waals surface area contributed by atoms with Gasteiger partial charge in [-0.05, 0) is 30.2 Å². The molecule has 15 heavy (non-hydrogen) atoms. The van der Waals surface area contributed by atoms with Crippen LogP contribution in [-0.2, 0) is 0 Å². The topological polar surface area (TPSA) is 12.9 Å². The van der Waals surface area contributed by atoms with Gasteiger partial charge in [0.2, 0.25) is 0 Å². The molecular weight excluding hydrogens is 273 g/mol. The fourth-order valence-corrected chi connectivity index (χ4v) is 2.10. The molecule has 0 spiro atoms. The second-order valence-electron chi connectivity index (χ2n) is 3.85. The molecule has 0 bridgehead atoms. The zero-order valence-electron chi connectivity index (χ0n) is 8.59. The van der Waals surface area contributed by atoms with Gasteiger partial charge in [-0.15, -0.1) is 0 Å². The van der Waals surface area contributed by atoms with E-state index in [1.165, 1.54) is 0 Å². The summed E-state index contributed by atoms with van der Waals surface area (Å²) in [6.07, 6.45) is 0. The highest BCUT2D eigenvalue weighted by Crippen LogP contribution is 2.28. The van der Waals surface area contributed by atoms with Crippen molar-refractivity contribution in [3.63, 3.8) is 0 Å². The monoisotopic (exact) mass is 283 g/mol. The average molecular weight is 285 g/mol. The van der Waals surface area contributed by atoms with Crippen LogP contribution >= 0.6 is 27.5 Å². The van der Waals surface area contributed by atoms with E-state index in [1.54, 1.807) is 0 Å². The minimum atomic E-state index is 0.399. The minimum absolute atomic E-state index is 0.399. The molecule has 1 aromatic heterocycles. The van der Waals surface area contributed by atoms with Crippen LogP contribution in [0, 0.1) is 0 Å². The van der Waals surface area contributed by atoms with E-state index in [2.05, 4.69) is 34.8 Å². The van der Waals surface area contributed by atoms with Gasteiger partial charge in [-0.25, -0.2) is 0 Å². The van der Waals surface area contributed by atoms with Crippen LogP contribution in [0.1, 0.15) is 25.5 Å². The first-order valence-electron chi connectivity index (χ1n) is 4.83. The van der Waals surface area contributed by atoms with Gasteiger partial charge in [-0.2, -0.15) is 0 Å². The van der Waals surface area contributed by atoms with E-state index in [9.17, 15) is 0 Å². The Balaban J connectivity index is 2.73. The number of rotatable bonds is 1. The number of nitrogens with zero attached hydrogens (tertiary/aromatic N) is 1. The van der Waals surface area contributed by atoms with Crippen LogP contribution in [0.25, 0.3) is 10.9 Å². The summed E-state index contributed by atoms with van der Waals surface area (Å²) in [5.41, 5.74) is 1.99. The standard InChI is InChI=1S/C12H11BrClN/c1-7(2)12-6-10(14)9-5-8(13)3-4-11(9)15-12/h3-7H,1-2H3. The number of hydrogen-bond donors (Lipinski definition) is 0. The van der Waals surface area contributed by atoms with Gasteiger partial charge >= 0.3 is 0 Å². The molecule has 3 heteroatoms. The number of hydrogen-bond acceptors (Lipinski definition) is 1. The van der Waals surface area contributed by atoms with Gasteiger partial charge in [0, 0.05) is 15.6 Å². The molecule has 0 saturated heterocycles. The molecule has 1 aromatic carbocycles. The van der Waals surface area contributed by atoms with E-state index in [1.807, 2.05) is 24.3 Å². The van der Waals surface area contributed by atoms with Crippen LogP contribution in [0.2, 0.25) is 5.02 Å². The Morgan fingerprint density at radius 1 is 1.27 bits per heavy atom. The van der Waals surface area contributed by atoms with Crippen LogP contribution < -0.4 is 0 Å². The first-order valence-corrected chi connectivity index (χ1v) is 6.00. The Morgan fingerprint density at radius 2 is 2.00 bits per heavy atom. The average Bonchev–Trinajstić information content (AvgIpc) is 2.18. The maximum Gasteiger partial charge on any atom is 0.0721 e. The molecule has 0 aliphatic rings. The molecule has 2 rings (SSSR count). The van der Waals surface area contributed by atoms with Crippen LogP contribution in [0.4, 0.5) is 0 Å². The number of halogens is 2. The van der Waals surface area contributed by atoms with E-state index in [0.717, 1.165) is 26.1 Å².